The Morgan fingerprint density at radius 2 is 2.08 bits per heavy atom. The molecule has 0 radical (unpaired) electrons. The van der Waals surface area contributed by atoms with Crippen LogP contribution in [0.1, 0.15) is 41.6 Å². The number of nitrogens with two attached hydrogens (primary N) is 1. The molecule has 132 valence electrons. The van der Waals surface area contributed by atoms with E-state index in [1.54, 1.807) is 12.1 Å². The van der Waals surface area contributed by atoms with Gasteiger partial charge in [-0.15, -0.1) is 12.4 Å². The smallest absolute Gasteiger partial charge is 0.251 e. The zero-order valence-electron chi connectivity index (χ0n) is 13.5. The molecule has 7 heteroatoms. The zero-order valence-corrected chi connectivity index (χ0v) is 14.4. The van der Waals surface area contributed by atoms with E-state index >= 15 is 0 Å². The molecule has 1 aliphatic heterocycles. The number of hydrogen-bond donors (Lipinski definition) is 3. The van der Waals surface area contributed by atoms with Crippen LogP contribution in [-0.4, -0.2) is 36.6 Å². The number of carbonyl (C=O) groups excluding carboxylic acids is 2. The van der Waals surface area contributed by atoms with Gasteiger partial charge in [-0.25, -0.2) is 0 Å². The van der Waals surface area contributed by atoms with Crippen molar-refractivity contribution in [2.24, 2.45) is 5.73 Å². The minimum absolute atomic E-state index is 0. The molecule has 2 aliphatic rings. The number of rotatable bonds is 6. The highest BCUT2D eigenvalue weighted by molar-refractivity contribution is 5.94. The van der Waals surface area contributed by atoms with E-state index in [-0.39, 0.29) is 30.3 Å². The lowest BCUT2D eigenvalue weighted by Crippen LogP contribution is -2.42. The van der Waals surface area contributed by atoms with Crippen molar-refractivity contribution in [1.82, 2.24) is 10.6 Å². The highest BCUT2D eigenvalue weighted by atomic mass is 35.5. The summed E-state index contributed by atoms with van der Waals surface area (Å²) in [5, 5.41) is 5.72. The molecule has 0 aromatic heterocycles. The summed E-state index contributed by atoms with van der Waals surface area (Å²) < 4.78 is 5.49. The minimum atomic E-state index is -0.670. The van der Waals surface area contributed by atoms with Crippen LogP contribution < -0.4 is 16.4 Å². The van der Waals surface area contributed by atoms with Crippen LogP contribution in [0.3, 0.4) is 0 Å². The molecule has 1 atom stereocenters. The molecule has 0 bridgehead atoms. The summed E-state index contributed by atoms with van der Waals surface area (Å²) in [6.07, 6.45) is 3.65. The predicted molar refractivity (Wildman–Crippen MR) is 93.0 cm³/mol. The van der Waals surface area contributed by atoms with Gasteiger partial charge < -0.3 is 21.1 Å². The fourth-order valence-electron chi connectivity index (χ4n) is 2.66. The van der Waals surface area contributed by atoms with Gasteiger partial charge >= 0.3 is 0 Å². The van der Waals surface area contributed by atoms with Crippen molar-refractivity contribution in [2.45, 2.75) is 43.9 Å². The summed E-state index contributed by atoms with van der Waals surface area (Å²) in [7, 11) is 0. The van der Waals surface area contributed by atoms with Gasteiger partial charge in [-0.1, -0.05) is 12.1 Å². The SMILES string of the molecule is Cl.NC1(C(=O)NCc2cccc(C(=O)NCC3CCCO3)c2)CC1. The van der Waals surface area contributed by atoms with Crippen molar-refractivity contribution in [3.05, 3.63) is 35.4 Å². The molecule has 1 saturated heterocycles. The van der Waals surface area contributed by atoms with Gasteiger partial charge in [-0.05, 0) is 43.4 Å². The highest BCUT2D eigenvalue weighted by Gasteiger charge is 2.45. The van der Waals surface area contributed by atoms with Crippen LogP contribution in [0.5, 0.6) is 0 Å². The molecule has 3 rings (SSSR count). The molecule has 1 unspecified atom stereocenters. The first-order chi connectivity index (χ1) is 11.1. The maximum Gasteiger partial charge on any atom is 0.251 e. The molecular formula is C17H24ClN3O3. The topological polar surface area (TPSA) is 93.5 Å². The number of hydrogen-bond acceptors (Lipinski definition) is 4. The van der Waals surface area contributed by atoms with Gasteiger partial charge in [-0.3, -0.25) is 9.59 Å². The maximum absolute atomic E-state index is 12.2. The van der Waals surface area contributed by atoms with Gasteiger partial charge in [0.15, 0.2) is 0 Å². The van der Waals surface area contributed by atoms with Crippen LogP contribution in [-0.2, 0) is 16.1 Å². The molecule has 4 N–H and O–H groups in total. The van der Waals surface area contributed by atoms with Gasteiger partial charge in [0.25, 0.3) is 5.91 Å². The van der Waals surface area contributed by atoms with Crippen molar-refractivity contribution < 1.29 is 14.3 Å². The lowest BCUT2D eigenvalue weighted by molar-refractivity contribution is -0.123. The van der Waals surface area contributed by atoms with E-state index in [0.717, 1.165) is 37.9 Å². The van der Waals surface area contributed by atoms with Crippen LogP contribution in [0, 0.1) is 0 Å². The third-order valence-corrected chi connectivity index (χ3v) is 4.40. The van der Waals surface area contributed by atoms with Crippen LogP contribution in [0.2, 0.25) is 0 Å². The second-order valence-corrected chi connectivity index (χ2v) is 6.38. The standard InChI is InChI=1S/C17H23N3O3.ClH/c18-17(6-7-17)16(22)20-10-12-3-1-4-13(9-12)15(21)19-11-14-5-2-8-23-14;/h1,3-4,9,14H,2,5-8,10-11,18H2,(H,19,21)(H,20,22);1H. The first-order valence-electron chi connectivity index (χ1n) is 8.13. The van der Waals surface area contributed by atoms with Crippen LogP contribution in [0.4, 0.5) is 0 Å². The van der Waals surface area contributed by atoms with Crippen molar-refractivity contribution in [2.75, 3.05) is 13.2 Å². The molecule has 6 nitrogen and oxygen atoms in total. The fraction of sp³-hybridized carbons (Fsp3) is 0.529. The Balaban J connectivity index is 0.00000208. The fourth-order valence-corrected chi connectivity index (χ4v) is 2.66. The molecule has 2 fully saturated rings. The van der Waals surface area contributed by atoms with Crippen molar-refractivity contribution in [3.8, 4) is 0 Å². The normalized spacial score (nSPS) is 20.8. The lowest BCUT2D eigenvalue weighted by Gasteiger charge is -2.12. The monoisotopic (exact) mass is 353 g/mol. The molecule has 24 heavy (non-hydrogen) atoms. The number of ether oxygens (including phenoxy) is 1. The number of nitrogens with one attached hydrogen (secondary N) is 2. The predicted octanol–water partition coefficient (Wildman–Crippen LogP) is 1.12. The molecular weight excluding hydrogens is 330 g/mol. The molecule has 1 saturated carbocycles. The Labute approximate surface area is 147 Å². The van der Waals surface area contributed by atoms with Gasteiger partial charge in [0.05, 0.1) is 11.6 Å². The summed E-state index contributed by atoms with van der Waals surface area (Å²) in [5.74, 6) is -0.239. The first-order valence-corrected chi connectivity index (χ1v) is 8.13. The quantitative estimate of drug-likeness (QED) is 0.714. The van der Waals surface area contributed by atoms with Crippen molar-refractivity contribution >= 4 is 24.2 Å². The van der Waals surface area contributed by atoms with E-state index < -0.39 is 5.54 Å². The second kappa shape index (κ2) is 7.96. The summed E-state index contributed by atoms with van der Waals surface area (Å²) >= 11 is 0. The van der Waals surface area contributed by atoms with Crippen molar-refractivity contribution in [3.63, 3.8) is 0 Å². The zero-order chi connectivity index (χ0) is 16.3. The summed E-state index contributed by atoms with van der Waals surface area (Å²) in [5.41, 5.74) is 6.64. The molecule has 1 heterocycles. The van der Waals surface area contributed by atoms with E-state index in [9.17, 15) is 9.59 Å². The van der Waals surface area contributed by atoms with E-state index in [2.05, 4.69) is 10.6 Å². The van der Waals surface area contributed by atoms with Crippen LogP contribution in [0.25, 0.3) is 0 Å². The number of halogens is 1. The lowest BCUT2D eigenvalue weighted by atomic mass is 10.1. The first kappa shape index (κ1) is 18.7. The van der Waals surface area contributed by atoms with Gasteiger partial charge in [0, 0.05) is 25.3 Å². The maximum atomic E-state index is 12.2. The largest absolute Gasteiger partial charge is 0.376 e. The summed E-state index contributed by atoms with van der Waals surface area (Å²) in [4.78, 5) is 24.0. The second-order valence-electron chi connectivity index (χ2n) is 6.38. The third kappa shape index (κ3) is 4.69. The van der Waals surface area contributed by atoms with E-state index in [0.29, 0.717) is 18.7 Å². The number of carbonyl (C=O) groups is 2. The van der Waals surface area contributed by atoms with Gasteiger partial charge in [-0.2, -0.15) is 0 Å². The molecule has 2 amide bonds. The third-order valence-electron chi connectivity index (χ3n) is 4.40. The van der Waals surface area contributed by atoms with Crippen molar-refractivity contribution in [1.29, 1.82) is 0 Å². The Kier molecular flexibility index (Phi) is 6.21. The highest BCUT2D eigenvalue weighted by Crippen LogP contribution is 2.32. The minimum Gasteiger partial charge on any atom is -0.376 e. The Bertz CT molecular complexity index is 598. The van der Waals surface area contributed by atoms with E-state index in [1.165, 1.54) is 0 Å². The number of benzene rings is 1. The van der Waals surface area contributed by atoms with Crippen LogP contribution in [0.15, 0.2) is 24.3 Å². The molecule has 1 aromatic rings. The molecule has 0 spiro atoms. The Hall–Kier alpha value is -1.63. The summed E-state index contributed by atoms with van der Waals surface area (Å²) in [6, 6.07) is 7.26. The average Bonchev–Trinajstić information content (AvgIpc) is 3.11. The van der Waals surface area contributed by atoms with E-state index in [4.69, 9.17) is 10.5 Å². The average molecular weight is 354 g/mol. The van der Waals surface area contributed by atoms with E-state index in [1.807, 2.05) is 12.1 Å². The Morgan fingerprint density at radius 1 is 1.29 bits per heavy atom. The number of amides is 2. The van der Waals surface area contributed by atoms with Gasteiger partial charge in [0.1, 0.15) is 0 Å². The molecule has 1 aliphatic carbocycles. The van der Waals surface area contributed by atoms with Gasteiger partial charge in [0.2, 0.25) is 5.91 Å². The van der Waals surface area contributed by atoms with Crippen LogP contribution >= 0.6 is 12.4 Å². The summed E-state index contributed by atoms with van der Waals surface area (Å²) in [6.45, 7) is 1.69. The molecule has 1 aromatic carbocycles. The Morgan fingerprint density at radius 3 is 2.75 bits per heavy atom.